The third-order valence-corrected chi connectivity index (χ3v) is 5.23. The fraction of sp³-hybridized carbons (Fsp3) is 0.600. The Balaban J connectivity index is 1.93. The van der Waals surface area contributed by atoms with Gasteiger partial charge in [-0.25, -0.2) is 4.39 Å². The van der Waals surface area contributed by atoms with Crippen molar-refractivity contribution in [2.75, 3.05) is 17.2 Å². The minimum absolute atomic E-state index is 0.220. The highest BCUT2D eigenvalue weighted by molar-refractivity contribution is 9.10. The molecule has 1 aromatic carbocycles. The molecule has 0 bridgehead atoms. The Bertz CT molecular complexity index is 475. The molecule has 1 aliphatic carbocycles. The van der Waals surface area contributed by atoms with Crippen LogP contribution in [0.25, 0.3) is 0 Å². The van der Waals surface area contributed by atoms with E-state index in [2.05, 4.69) is 20.8 Å². The van der Waals surface area contributed by atoms with E-state index in [0.29, 0.717) is 16.2 Å². The average Bonchev–Trinajstić information content (AvgIpc) is 2.42. The summed E-state index contributed by atoms with van der Waals surface area (Å²) < 4.78 is 14.3. The maximum Gasteiger partial charge on any atom is 0.139 e. The molecule has 104 valence electrons. The zero-order valence-electron chi connectivity index (χ0n) is 11.0. The van der Waals surface area contributed by atoms with Gasteiger partial charge in [-0.3, -0.25) is 0 Å². The van der Waals surface area contributed by atoms with Gasteiger partial charge in [-0.1, -0.05) is 12.8 Å². The van der Waals surface area contributed by atoms with Crippen molar-refractivity contribution in [3.05, 3.63) is 22.4 Å². The molecule has 4 heteroatoms. The summed E-state index contributed by atoms with van der Waals surface area (Å²) in [6, 6.07) is 3.85. The summed E-state index contributed by atoms with van der Waals surface area (Å²) >= 11 is 3.20. The van der Waals surface area contributed by atoms with Crippen LogP contribution < -0.4 is 10.6 Å². The number of nitrogens with two attached hydrogens (primary N) is 1. The molecule has 2 N–H and O–H groups in total. The van der Waals surface area contributed by atoms with Crippen molar-refractivity contribution in [2.45, 2.75) is 44.6 Å². The highest BCUT2D eigenvalue weighted by Gasteiger charge is 2.34. The quantitative estimate of drug-likeness (QED) is 0.778. The molecule has 0 spiro atoms. The lowest BCUT2D eigenvalue weighted by atomic mass is 9.78. The molecule has 1 aromatic rings. The van der Waals surface area contributed by atoms with Crippen molar-refractivity contribution in [3.8, 4) is 0 Å². The van der Waals surface area contributed by atoms with Gasteiger partial charge in [-0.2, -0.15) is 0 Å². The van der Waals surface area contributed by atoms with E-state index in [0.717, 1.165) is 18.2 Å². The van der Waals surface area contributed by atoms with E-state index in [1.165, 1.54) is 38.5 Å². The first-order chi connectivity index (χ1) is 9.16. The van der Waals surface area contributed by atoms with Crippen molar-refractivity contribution in [1.29, 1.82) is 0 Å². The predicted molar refractivity (Wildman–Crippen MR) is 80.8 cm³/mol. The number of hydrogen-bond acceptors (Lipinski definition) is 2. The molecular formula is C15H20BrFN2. The summed E-state index contributed by atoms with van der Waals surface area (Å²) in [6.07, 6.45) is 7.69. The second-order valence-corrected chi connectivity index (χ2v) is 6.63. The predicted octanol–water partition coefficient (Wildman–Crippen LogP) is 4.33. The molecule has 0 radical (unpaired) electrons. The third-order valence-electron chi connectivity index (χ3n) is 4.62. The zero-order valence-corrected chi connectivity index (χ0v) is 12.6. The van der Waals surface area contributed by atoms with Crippen LogP contribution in [0.2, 0.25) is 0 Å². The lowest BCUT2D eigenvalue weighted by Gasteiger charge is -2.45. The number of nitrogen functional groups attached to an aromatic ring is 1. The van der Waals surface area contributed by atoms with Crippen molar-refractivity contribution in [2.24, 2.45) is 5.92 Å². The Hall–Kier alpha value is -0.770. The molecule has 2 fully saturated rings. The molecule has 2 aliphatic rings. The van der Waals surface area contributed by atoms with Crippen LogP contribution in [0, 0.1) is 11.7 Å². The molecular weight excluding hydrogens is 307 g/mol. The Labute approximate surface area is 122 Å². The fourth-order valence-electron chi connectivity index (χ4n) is 3.72. The van der Waals surface area contributed by atoms with Gasteiger partial charge in [0, 0.05) is 18.7 Å². The second kappa shape index (κ2) is 5.31. The number of halogens is 2. The maximum atomic E-state index is 13.8. The molecule has 2 nitrogen and oxygen atoms in total. The van der Waals surface area contributed by atoms with Crippen LogP contribution in [-0.4, -0.2) is 12.6 Å². The van der Waals surface area contributed by atoms with Crippen molar-refractivity contribution < 1.29 is 4.39 Å². The topological polar surface area (TPSA) is 29.3 Å². The van der Waals surface area contributed by atoms with Gasteiger partial charge in [-0.05, 0) is 53.6 Å². The normalized spacial score (nSPS) is 27.2. The van der Waals surface area contributed by atoms with E-state index in [1.54, 1.807) is 12.1 Å². The fourth-order valence-corrected chi connectivity index (χ4v) is 4.09. The molecule has 1 aliphatic heterocycles. The molecule has 2 atom stereocenters. The SMILES string of the molecule is Nc1cc(Br)c(F)cc1N1CCC[C@H]2CCCC[C@H]21. The first-order valence-corrected chi connectivity index (χ1v) is 7.97. The number of piperidine rings is 1. The number of anilines is 2. The van der Waals surface area contributed by atoms with Crippen LogP contribution in [-0.2, 0) is 0 Å². The van der Waals surface area contributed by atoms with Crippen LogP contribution in [0.4, 0.5) is 15.8 Å². The number of benzene rings is 1. The molecule has 3 rings (SSSR count). The zero-order chi connectivity index (χ0) is 13.4. The standard InChI is InChI=1S/C15H20BrFN2/c16-11-8-13(18)15(9-12(11)17)19-7-3-5-10-4-1-2-6-14(10)19/h8-10,14H,1-7,18H2/t10-,14-/m1/s1. The highest BCUT2D eigenvalue weighted by atomic mass is 79.9. The molecule has 0 amide bonds. The Morgan fingerprint density at radius 1 is 1.16 bits per heavy atom. The van der Waals surface area contributed by atoms with E-state index in [9.17, 15) is 4.39 Å². The molecule has 1 saturated carbocycles. The van der Waals surface area contributed by atoms with Crippen molar-refractivity contribution in [3.63, 3.8) is 0 Å². The number of hydrogen-bond donors (Lipinski definition) is 1. The number of nitrogens with zero attached hydrogens (tertiary/aromatic N) is 1. The maximum absolute atomic E-state index is 13.8. The minimum Gasteiger partial charge on any atom is -0.397 e. The lowest BCUT2D eigenvalue weighted by molar-refractivity contribution is 0.244. The van der Waals surface area contributed by atoms with E-state index >= 15 is 0 Å². The van der Waals surface area contributed by atoms with E-state index in [-0.39, 0.29) is 5.82 Å². The third kappa shape index (κ3) is 2.47. The molecule has 0 unspecified atom stereocenters. The van der Waals surface area contributed by atoms with E-state index < -0.39 is 0 Å². The number of rotatable bonds is 1. The van der Waals surface area contributed by atoms with Gasteiger partial charge in [0.2, 0.25) is 0 Å². The van der Waals surface area contributed by atoms with E-state index in [1.807, 2.05) is 0 Å². The Morgan fingerprint density at radius 3 is 2.74 bits per heavy atom. The summed E-state index contributed by atoms with van der Waals surface area (Å²) in [4.78, 5) is 2.36. The number of fused-ring (bicyclic) bond motifs is 1. The van der Waals surface area contributed by atoms with Gasteiger partial charge in [0.05, 0.1) is 15.8 Å². The van der Waals surface area contributed by atoms with Crippen molar-refractivity contribution >= 4 is 27.3 Å². The molecule has 1 heterocycles. The first kappa shape index (κ1) is 13.2. The average molecular weight is 327 g/mol. The van der Waals surface area contributed by atoms with E-state index in [4.69, 9.17) is 5.73 Å². The summed E-state index contributed by atoms with van der Waals surface area (Å²) in [5.74, 6) is 0.552. The molecule has 1 saturated heterocycles. The van der Waals surface area contributed by atoms with Crippen LogP contribution in [0.5, 0.6) is 0 Å². The summed E-state index contributed by atoms with van der Waals surface area (Å²) in [6.45, 7) is 1.01. The molecule has 0 aromatic heterocycles. The van der Waals surface area contributed by atoms with Gasteiger partial charge in [0.25, 0.3) is 0 Å². The second-order valence-electron chi connectivity index (χ2n) is 5.77. The Kier molecular flexibility index (Phi) is 3.70. The first-order valence-electron chi connectivity index (χ1n) is 7.18. The van der Waals surface area contributed by atoms with Crippen LogP contribution in [0.3, 0.4) is 0 Å². The van der Waals surface area contributed by atoms with Gasteiger partial charge in [0.1, 0.15) is 5.82 Å². The smallest absolute Gasteiger partial charge is 0.139 e. The molecule has 19 heavy (non-hydrogen) atoms. The Morgan fingerprint density at radius 2 is 1.89 bits per heavy atom. The van der Waals surface area contributed by atoms with Crippen molar-refractivity contribution in [1.82, 2.24) is 0 Å². The summed E-state index contributed by atoms with van der Waals surface area (Å²) in [7, 11) is 0. The monoisotopic (exact) mass is 326 g/mol. The highest BCUT2D eigenvalue weighted by Crippen LogP contribution is 2.40. The summed E-state index contributed by atoms with van der Waals surface area (Å²) in [5, 5.41) is 0. The van der Waals surface area contributed by atoms with Crippen LogP contribution in [0.1, 0.15) is 38.5 Å². The van der Waals surface area contributed by atoms with Gasteiger partial charge in [0.15, 0.2) is 0 Å². The van der Waals surface area contributed by atoms with Gasteiger partial charge in [-0.15, -0.1) is 0 Å². The van der Waals surface area contributed by atoms with Gasteiger partial charge < -0.3 is 10.6 Å². The van der Waals surface area contributed by atoms with Crippen LogP contribution in [0.15, 0.2) is 16.6 Å². The summed E-state index contributed by atoms with van der Waals surface area (Å²) in [5.41, 5.74) is 7.67. The van der Waals surface area contributed by atoms with Crippen LogP contribution >= 0.6 is 15.9 Å². The lowest BCUT2D eigenvalue weighted by Crippen LogP contribution is -2.47. The minimum atomic E-state index is -0.220. The largest absolute Gasteiger partial charge is 0.397 e. The van der Waals surface area contributed by atoms with Gasteiger partial charge >= 0.3 is 0 Å².